The zero-order valence-electron chi connectivity index (χ0n) is 19.2. The van der Waals surface area contributed by atoms with Crippen molar-refractivity contribution in [3.63, 3.8) is 0 Å². The fraction of sp³-hybridized carbons (Fsp3) is 0.259. The molecular weight excluding hydrogens is 450 g/mol. The first kappa shape index (κ1) is 23.4. The van der Waals surface area contributed by atoms with E-state index >= 15 is 0 Å². The number of carbonyl (C=O) groups is 1. The van der Waals surface area contributed by atoms with Crippen LogP contribution in [0.1, 0.15) is 29.8 Å². The Labute approximate surface area is 204 Å². The molecule has 3 aromatic carbocycles. The average Bonchev–Trinajstić information content (AvgIpc) is 3.26. The van der Waals surface area contributed by atoms with Gasteiger partial charge in [-0.05, 0) is 61.0 Å². The molecule has 0 unspecified atom stereocenters. The Kier molecular flexibility index (Phi) is 7.43. The highest BCUT2D eigenvalue weighted by atomic mass is 35.5. The van der Waals surface area contributed by atoms with E-state index in [9.17, 15) is 4.79 Å². The molecule has 0 spiro atoms. The van der Waals surface area contributed by atoms with Gasteiger partial charge in [-0.25, -0.2) is 4.98 Å². The molecule has 0 aliphatic carbocycles. The molecule has 0 radical (unpaired) electrons. The molecule has 4 rings (SSSR count). The topological polar surface area (TPSA) is 36.4 Å². The molecule has 1 aromatic heterocycles. The Balaban J connectivity index is 1.67. The lowest BCUT2D eigenvalue weighted by molar-refractivity contribution is 0.0984. The van der Waals surface area contributed by atoms with Crippen LogP contribution in [-0.4, -0.2) is 42.0 Å². The highest BCUT2D eigenvalue weighted by molar-refractivity contribution is 7.22. The minimum Gasteiger partial charge on any atom is -0.302 e. The number of benzene rings is 3. The fourth-order valence-electron chi connectivity index (χ4n) is 3.92. The number of fused-ring (bicyclic) bond motifs is 1. The molecule has 0 aliphatic heterocycles. The number of rotatable bonds is 8. The Morgan fingerprint density at radius 2 is 1.61 bits per heavy atom. The number of anilines is 1. The van der Waals surface area contributed by atoms with Crippen LogP contribution >= 0.6 is 22.9 Å². The molecule has 0 atom stereocenters. The van der Waals surface area contributed by atoms with Crippen molar-refractivity contribution in [2.45, 2.75) is 20.8 Å². The van der Waals surface area contributed by atoms with Gasteiger partial charge in [0.25, 0.3) is 5.91 Å². The maximum Gasteiger partial charge on any atom is 0.260 e. The number of aryl methyl sites for hydroxylation is 1. The molecule has 170 valence electrons. The van der Waals surface area contributed by atoms with Gasteiger partial charge in [0.1, 0.15) is 0 Å². The van der Waals surface area contributed by atoms with E-state index in [1.807, 2.05) is 66.4 Å². The summed E-state index contributed by atoms with van der Waals surface area (Å²) in [6.07, 6.45) is 0. The number of aromatic nitrogens is 1. The molecule has 0 saturated heterocycles. The summed E-state index contributed by atoms with van der Waals surface area (Å²) in [5.74, 6) is -0.0374. The van der Waals surface area contributed by atoms with Crippen LogP contribution in [0.2, 0.25) is 5.02 Å². The summed E-state index contributed by atoms with van der Waals surface area (Å²) in [6, 6.07) is 21.8. The van der Waals surface area contributed by atoms with E-state index in [1.54, 1.807) is 0 Å². The van der Waals surface area contributed by atoms with E-state index in [0.29, 0.717) is 22.3 Å². The lowest BCUT2D eigenvalue weighted by Crippen LogP contribution is -2.38. The highest BCUT2D eigenvalue weighted by Gasteiger charge is 2.22. The molecule has 1 heterocycles. The molecule has 4 aromatic rings. The smallest absolute Gasteiger partial charge is 0.260 e. The van der Waals surface area contributed by atoms with Gasteiger partial charge in [-0.2, -0.15) is 0 Å². The van der Waals surface area contributed by atoms with E-state index in [-0.39, 0.29) is 5.91 Å². The van der Waals surface area contributed by atoms with Crippen molar-refractivity contribution in [3.05, 3.63) is 82.9 Å². The fourth-order valence-corrected chi connectivity index (χ4v) is 5.36. The third-order valence-electron chi connectivity index (χ3n) is 5.89. The van der Waals surface area contributed by atoms with Crippen LogP contribution in [0.15, 0.2) is 66.7 Å². The number of nitrogens with zero attached hydrogens (tertiary/aromatic N) is 3. The van der Waals surface area contributed by atoms with Crippen LogP contribution < -0.4 is 4.90 Å². The molecule has 0 N–H and O–H groups in total. The van der Waals surface area contributed by atoms with Gasteiger partial charge in [0.15, 0.2) is 5.13 Å². The number of amides is 1. The van der Waals surface area contributed by atoms with Crippen LogP contribution in [0.4, 0.5) is 5.13 Å². The number of likely N-dealkylation sites (N-methyl/N-ethyl adjacent to an activating group) is 1. The second-order valence-electron chi connectivity index (χ2n) is 7.99. The largest absolute Gasteiger partial charge is 0.302 e. The van der Waals surface area contributed by atoms with Crippen molar-refractivity contribution in [1.29, 1.82) is 0 Å². The summed E-state index contributed by atoms with van der Waals surface area (Å²) in [7, 11) is 0. The summed E-state index contributed by atoms with van der Waals surface area (Å²) in [5.41, 5.74) is 4.80. The Morgan fingerprint density at radius 1 is 0.939 bits per heavy atom. The third kappa shape index (κ3) is 5.27. The number of hydrogen-bond acceptors (Lipinski definition) is 4. The van der Waals surface area contributed by atoms with E-state index in [4.69, 9.17) is 16.6 Å². The number of hydrogen-bond donors (Lipinski definition) is 0. The minimum absolute atomic E-state index is 0.0374. The predicted octanol–water partition coefficient (Wildman–Crippen LogP) is 6.91. The molecule has 0 bridgehead atoms. The quantitative estimate of drug-likeness (QED) is 0.276. The maximum absolute atomic E-state index is 13.7. The average molecular weight is 478 g/mol. The minimum atomic E-state index is -0.0374. The van der Waals surface area contributed by atoms with Crippen molar-refractivity contribution in [1.82, 2.24) is 9.88 Å². The summed E-state index contributed by atoms with van der Waals surface area (Å²) >= 11 is 7.78. The van der Waals surface area contributed by atoms with Crippen molar-refractivity contribution < 1.29 is 4.79 Å². The standard InChI is InChI=1S/C27H28ClN3OS/c1-4-30(5-2)15-16-31(27-29-25-19(3)17-23(28)18-24(25)33-27)26(32)22-13-11-21(12-14-22)20-9-7-6-8-10-20/h6-14,17-18H,4-5,15-16H2,1-3H3. The molecule has 0 saturated carbocycles. The van der Waals surface area contributed by atoms with Gasteiger partial charge in [0, 0.05) is 23.7 Å². The second-order valence-corrected chi connectivity index (χ2v) is 9.44. The van der Waals surface area contributed by atoms with Crippen LogP contribution in [0.3, 0.4) is 0 Å². The predicted molar refractivity (Wildman–Crippen MR) is 141 cm³/mol. The molecule has 0 aliphatic rings. The van der Waals surface area contributed by atoms with E-state index < -0.39 is 0 Å². The van der Waals surface area contributed by atoms with Crippen molar-refractivity contribution in [2.75, 3.05) is 31.1 Å². The summed E-state index contributed by atoms with van der Waals surface area (Å²) in [6.45, 7) is 9.53. The Hall–Kier alpha value is -2.73. The summed E-state index contributed by atoms with van der Waals surface area (Å²) < 4.78 is 0.995. The van der Waals surface area contributed by atoms with Gasteiger partial charge < -0.3 is 4.90 Å². The van der Waals surface area contributed by atoms with Gasteiger partial charge in [-0.3, -0.25) is 9.69 Å². The third-order valence-corrected chi connectivity index (χ3v) is 7.13. The Bertz CT molecular complexity index is 1230. The lowest BCUT2D eigenvalue weighted by atomic mass is 10.0. The van der Waals surface area contributed by atoms with E-state index in [1.165, 1.54) is 11.3 Å². The number of carbonyl (C=O) groups excluding carboxylic acids is 1. The monoisotopic (exact) mass is 477 g/mol. The highest BCUT2D eigenvalue weighted by Crippen LogP contribution is 2.33. The van der Waals surface area contributed by atoms with Gasteiger partial charge in [-0.15, -0.1) is 0 Å². The van der Waals surface area contributed by atoms with Crippen LogP contribution in [0.5, 0.6) is 0 Å². The van der Waals surface area contributed by atoms with Crippen LogP contribution in [-0.2, 0) is 0 Å². The first-order valence-corrected chi connectivity index (χ1v) is 12.5. The normalized spacial score (nSPS) is 11.3. The maximum atomic E-state index is 13.7. The number of thiazole rings is 1. The van der Waals surface area contributed by atoms with E-state index in [2.05, 4.69) is 30.9 Å². The molecule has 4 nitrogen and oxygen atoms in total. The van der Waals surface area contributed by atoms with Gasteiger partial charge in [0.05, 0.1) is 10.2 Å². The lowest BCUT2D eigenvalue weighted by Gasteiger charge is -2.24. The SMILES string of the molecule is CCN(CC)CCN(C(=O)c1ccc(-c2ccccc2)cc1)c1nc2c(C)cc(Cl)cc2s1. The zero-order chi connectivity index (χ0) is 23.4. The van der Waals surface area contributed by atoms with Gasteiger partial charge in [-0.1, -0.05) is 79.2 Å². The molecule has 33 heavy (non-hydrogen) atoms. The van der Waals surface area contributed by atoms with E-state index in [0.717, 1.165) is 46.5 Å². The molecule has 6 heteroatoms. The summed E-state index contributed by atoms with van der Waals surface area (Å²) in [4.78, 5) is 22.6. The second kappa shape index (κ2) is 10.5. The Morgan fingerprint density at radius 3 is 2.27 bits per heavy atom. The zero-order valence-corrected chi connectivity index (χ0v) is 20.8. The number of halogens is 1. The van der Waals surface area contributed by atoms with Gasteiger partial charge in [0.2, 0.25) is 0 Å². The summed E-state index contributed by atoms with van der Waals surface area (Å²) in [5, 5.41) is 1.40. The van der Waals surface area contributed by atoms with Gasteiger partial charge >= 0.3 is 0 Å². The molecule has 0 fully saturated rings. The van der Waals surface area contributed by atoms with Crippen LogP contribution in [0.25, 0.3) is 21.3 Å². The van der Waals surface area contributed by atoms with Crippen LogP contribution in [0, 0.1) is 6.92 Å². The van der Waals surface area contributed by atoms with Crippen molar-refractivity contribution in [2.24, 2.45) is 0 Å². The first-order valence-electron chi connectivity index (χ1n) is 11.3. The first-order chi connectivity index (χ1) is 16.0. The van der Waals surface area contributed by atoms with Crippen molar-refractivity contribution >= 4 is 44.2 Å². The van der Waals surface area contributed by atoms with Crippen molar-refractivity contribution in [3.8, 4) is 11.1 Å². The molecule has 1 amide bonds. The molecular formula is C27H28ClN3OS.